The first kappa shape index (κ1) is 33.6. The monoisotopic (exact) mass is 739 g/mol. The van der Waals surface area contributed by atoms with E-state index >= 15 is 0 Å². The average Bonchev–Trinajstić information content (AvgIpc) is 3.64. The van der Waals surface area contributed by atoms with Gasteiger partial charge in [-0.3, -0.25) is 4.57 Å². The molecular formula is C55H37N3. The van der Waals surface area contributed by atoms with E-state index < -0.39 is 0 Å². The Hall–Kier alpha value is -7.75. The van der Waals surface area contributed by atoms with Crippen molar-refractivity contribution in [1.82, 2.24) is 9.55 Å². The van der Waals surface area contributed by atoms with Crippen molar-refractivity contribution in [3.63, 3.8) is 0 Å². The van der Waals surface area contributed by atoms with Gasteiger partial charge in [-0.2, -0.15) is 0 Å². The van der Waals surface area contributed by atoms with Crippen molar-refractivity contribution in [2.45, 2.75) is 0 Å². The fourth-order valence-corrected chi connectivity index (χ4v) is 8.67. The summed E-state index contributed by atoms with van der Waals surface area (Å²) in [6.07, 6.45) is 1.88. The number of fused-ring (bicyclic) bond motifs is 5. The van der Waals surface area contributed by atoms with E-state index in [9.17, 15) is 0 Å². The van der Waals surface area contributed by atoms with Crippen molar-refractivity contribution in [2.75, 3.05) is 4.90 Å². The van der Waals surface area contributed by atoms with E-state index in [0.717, 1.165) is 50.4 Å². The van der Waals surface area contributed by atoms with Gasteiger partial charge in [-0.15, -0.1) is 0 Å². The van der Waals surface area contributed by atoms with Crippen LogP contribution in [0.5, 0.6) is 0 Å². The number of rotatable bonds is 7. The number of para-hydroxylation sites is 1. The molecule has 0 aliphatic carbocycles. The van der Waals surface area contributed by atoms with Crippen molar-refractivity contribution >= 4 is 60.5 Å². The first-order valence-electron chi connectivity index (χ1n) is 19.8. The molecule has 11 aromatic rings. The van der Waals surface area contributed by atoms with Crippen LogP contribution in [0.1, 0.15) is 0 Å². The molecule has 0 bridgehead atoms. The molecule has 9 aromatic carbocycles. The largest absolute Gasteiger partial charge is 0.311 e. The molecule has 0 aliphatic rings. The molecule has 0 atom stereocenters. The third-order valence-corrected chi connectivity index (χ3v) is 11.4. The maximum Gasteiger partial charge on any atom is 0.145 e. The molecule has 2 aromatic heterocycles. The predicted molar refractivity (Wildman–Crippen MR) is 245 cm³/mol. The molecule has 3 nitrogen and oxygen atoms in total. The fraction of sp³-hybridized carbons (Fsp3) is 0. The zero-order valence-corrected chi connectivity index (χ0v) is 31.7. The van der Waals surface area contributed by atoms with Crippen molar-refractivity contribution in [3.05, 3.63) is 225 Å². The van der Waals surface area contributed by atoms with Gasteiger partial charge in [-0.1, -0.05) is 152 Å². The zero-order valence-electron chi connectivity index (χ0n) is 31.7. The van der Waals surface area contributed by atoms with Crippen molar-refractivity contribution < 1.29 is 0 Å². The summed E-state index contributed by atoms with van der Waals surface area (Å²) in [4.78, 5) is 7.17. The minimum absolute atomic E-state index is 0.963. The first-order valence-corrected chi connectivity index (χ1v) is 19.8. The lowest BCUT2D eigenvalue weighted by Gasteiger charge is -2.26. The summed E-state index contributed by atoms with van der Waals surface area (Å²) in [5, 5.41) is 7.36. The van der Waals surface area contributed by atoms with E-state index in [1.807, 2.05) is 12.3 Å². The van der Waals surface area contributed by atoms with Gasteiger partial charge in [0.15, 0.2) is 0 Å². The summed E-state index contributed by atoms with van der Waals surface area (Å²) in [5.41, 5.74) is 13.6. The highest BCUT2D eigenvalue weighted by Gasteiger charge is 2.16. The van der Waals surface area contributed by atoms with E-state index in [1.165, 1.54) is 49.2 Å². The maximum absolute atomic E-state index is 4.81. The summed E-state index contributed by atoms with van der Waals surface area (Å²) in [5.74, 6) is 0. The number of anilines is 3. The highest BCUT2D eigenvalue weighted by Crippen LogP contribution is 2.40. The van der Waals surface area contributed by atoms with Gasteiger partial charge < -0.3 is 4.90 Å². The van der Waals surface area contributed by atoms with Crippen LogP contribution >= 0.6 is 0 Å². The minimum Gasteiger partial charge on any atom is -0.311 e. The Morgan fingerprint density at radius 2 is 0.828 bits per heavy atom. The Labute approximate surface area is 337 Å². The molecule has 0 unspecified atom stereocenters. The Kier molecular flexibility index (Phi) is 8.15. The number of hydrogen-bond donors (Lipinski definition) is 0. The second kappa shape index (κ2) is 14.1. The lowest BCUT2D eigenvalue weighted by atomic mass is 9.97. The van der Waals surface area contributed by atoms with Crippen molar-refractivity contribution in [1.29, 1.82) is 0 Å². The van der Waals surface area contributed by atoms with Crippen molar-refractivity contribution in [2.24, 2.45) is 0 Å². The van der Waals surface area contributed by atoms with Crippen LogP contribution in [0.25, 0.3) is 82.5 Å². The van der Waals surface area contributed by atoms with E-state index in [-0.39, 0.29) is 0 Å². The molecule has 0 fully saturated rings. The molecule has 3 heteroatoms. The van der Waals surface area contributed by atoms with Gasteiger partial charge in [-0.25, -0.2) is 4.98 Å². The van der Waals surface area contributed by atoms with Crippen LogP contribution in [0.3, 0.4) is 0 Å². The molecule has 0 radical (unpaired) electrons. The lowest BCUT2D eigenvalue weighted by Crippen LogP contribution is -2.09. The Morgan fingerprint density at radius 3 is 1.43 bits per heavy atom. The molecule has 0 saturated carbocycles. The van der Waals surface area contributed by atoms with Crippen LogP contribution < -0.4 is 4.90 Å². The molecule has 0 spiro atoms. The van der Waals surface area contributed by atoms with Gasteiger partial charge in [0.1, 0.15) is 5.65 Å². The average molecular weight is 740 g/mol. The van der Waals surface area contributed by atoms with Crippen molar-refractivity contribution in [3.8, 4) is 39.1 Å². The van der Waals surface area contributed by atoms with E-state index in [1.54, 1.807) is 0 Å². The number of aromatic nitrogens is 2. The molecule has 0 amide bonds. The second-order valence-corrected chi connectivity index (χ2v) is 14.8. The predicted octanol–water partition coefficient (Wildman–Crippen LogP) is 15.0. The Bertz CT molecular complexity index is 3080. The molecule has 58 heavy (non-hydrogen) atoms. The van der Waals surface area contributed by atoms with Crippen LogP contribution in [-0.2, 0) is 0 Å². The fourth-order valence-electron chi connectivity index (χ4n) is 8.67. The second-order valence-electron chi connectivity index (χ2n) is 14.8. The molecule has 0 aliphatic heterocycles. The third kappa shape index (κ3) is 5.80. The number of nitrogens with zero attached hydrogens (tertiary/aromatic N) is 3. The SMILES string of the molecule is c1cc(-c2ccc(N(c3ccc(-c4cccc5ccccc45)cc3)c3ccc(-c4cccc5ccccc45)cc3)cc2)cc(-n2c3ccccc3c3cccnc32)c1. The van der Waals surface area contributed by atoms with E-state index in [0.29, 0.717) is 0 Å². The highest BCUT2D eigenvalue weighted by atomic mass is 15.1. The number of benzene rings is 9. The van der Waals surface area contributed by atoms with Gasteiger partial charge in [0, 0.05) is 39.7 Å². The van der Waals surface area contributed by atoms with Gasteiger partial charge in [0.2, 0.25) is 0 Å². The maximum atomic E-state index is 4.81. The molecule has 272 valence electrons. The van der Waals surface area contributed by atoms with Gasteiger partial charge in [0.05, 0.1) is 5.52 Å². The van der Waals surface area contributed by atoms with Gasteiger partial charge in [-0.05, 0) is 122 Å². The standard InChI is InChI=1S/C55H37N3/c1-3-17-48-39(11-1)13-8-20-50(48)41-26-32-45(33-27-41)57(46-34-28-42(29-35-46)51-21-9-14-40-12-2-4-18-49(40)51)44-30-24-38(25-31-44)43-15-7-16-47(37-43)58-54-23-6-5-19-52(54)53-22-10-36-56-55(53)58/h1-37H. The molecule has 0 N–H and O–H groups in total. The summed E-state index contributed by atoms with van der Waals surface area (Å²) >= 11 is 0. The number of hydrogen-bond acceptors (Lipinski definition) is 2. The van der Waals surface area contributed by atoms with Crippen LogP contribution in [0, 0.1) is 0 Å². The quantitative estimate of drug-likeness (QED) is 0.162. The molecule has 2 heterocycles. The number of pyridine rings is 1. The lowest BCUT2D eigenvalue weighted by molar-refractivity contribution is 1.14. The van der Waals surface area contributed by atoms with Gasteiger partial charge >= 0.3 is 0 Å². The Morgan fingerprint density at radius 1 is 0.345 bits per heavy atom. The van der Waals surface area contributed by atoms with Crippen LogP contribution in [-0.4, -0.2) is 9.55 Å². The van der Waals surface area contributed by atoms with Gasteiger partial charge in [0.25, 0.3) is 0 Å². The summed E-state index contributed by atoms with van der Waals surface area (Å²) in [6.45, 7) is 0. The summed E-state index contributed by atoms with van der Waals surface area (Å²) in [6, 6.07) is 78.7. The molecular weight excluding hydrogens is 703 g/mol. The molecule has 0 saturated heterocycles. The van der Waals surface area contributed by atoms with Crippen LogP contribution in [0.15, 0.2) is 225 Å². The van der Waals surface area contributed by atoms with E-state index in [4.69, 9.17) is 4.98 Å². The smallest absolute Gasteiger partial charge is 0.145 e. The van der Waals surface area contributed by atoms with E-state index in [2.05, 4.69) is 222 Å². The van der Waals surface area contributed by atoms with Crippen LogP contribution in [0.4, 0.5) is 17.1 Å². The normalized spacial score (nSPS) is 11.4. The Balaban J connectivity index is 0.982. The topological polar surface area (TPSA) is 21.1 Å². The summed E-state index contributed by atoms with van der Waals surface area (Å²) in [7, 11) is 0. The third-order valence-electron chi connectivity index (χ3n) is 11.4. The first-order chi connectivity index (χ1) is 28.8. The summed E-state index contributed by atoms with van der Waals surface area (Å²) < 4.78 is 2.27. The highest BCUT2D eigenvalue weighted by molar-refractivity contribution is 6.08. The van der Waals surface area contributed by atoms with Crippen LogP contribution in [0.2, 0.25) is 0 Å². The molecule has 11 rings (SSSR count). The minimum atomic E-state index is 0.963. The zero-order chi connectivity index (χ0) is 38.4.